The molecule has 82 valence electrons. The summed E-state index contributed by atoms with van der Waals surface area (Å²) in [6, 6.07) is 6.42. The molecule has 0 unspecified atom stereocenters. The van der Waals surface area contributed by atoms with Gasteiger partial charge in [-0.3, -0.25) is 0 Å². The first-order chi connectivity index (χ1) is 7.33. The lowest BCUT2D eigenvalue weighted by molar-refractivity contribution is 0.123. The first-order valence-electron chi connectivity index (χ1n) is 5.43. The van der Waals surface area contributed by atoms with Crippen molar-refractivity contribution >= 4 is 11.4 Å². The standard InChI is InChI=1S/C12H18N2O/c1-10-4-3-5-11(12(10)13-2)14-6-8-15-9-7-14/h3-5,13H,6-9H2,1-2H3. The fourth-order valence-corrected chi connectivity index (χ4v) is 2.05. The first kappa shape index (κ1) is 10.3. The van der Waals surface area contributed by atoms with Crippen LogP contribution in [0.4, 0.5) is 11.4 Å². The van der Waals surface area contributed by atoms with E-state index in [2.05, 4.69) is 35.3 Å². The average molecular weight is 206 g/mol. The molecule has 0 saturated carbocycles. The molecule has 1 aromatic carbocycles. The molecule has 3 nitrogen and oxygen atoms in total. The molecular formula is C12H18N2O. The molecule has 0 bridgehead atoms. The Hall–Kier alpha value is -1.22. The lowest BCUT2D eigenvalue weighted by Crippen LogP contribution is -2.36. The van der Waals surface area contributed by atoms with Gasteiger partial charge in [0.25, 0.3) is 0 Å². The van der Waals surface area contributed by atoms with Crippen LogP contribution in [0.3, 0.4) is 0 Å². The first-order valence-corrected chi connectivity index (χ1v) is 5.43. The van der Waals surface area contributed by atoms with Crippen LogP contribution in [0.1, 0.15) is 5.56 Å². The Balaban J connectivity index is 2.29. The third kappa shape index (κ3) is 2.07. The van der Waals surface area contributed by atoms with Gasteiger partial charge >= 0.3 is 0 Å². The Morgan fingerprint density at radius 3 is 2.67 bits per heavy atom. The van der Waals surface area contributed by atoms with Gasteiger partial charge in [0.2, 0.25) is 0 Å². The Morgan fingerprint density at radius 2 is 2.00 bits per heavy atom. The van der Waals surface area contributed by atoms with E-state index < -0.39 is 0 Å². The molecule has 0 aliphatic carbocycles. The highest BCUT2D eigenvalue weighted by molar-refractivity contribution is 5.73. The van der Waals surface area contributed by atoms with Crippen molar-refractivity contribution in [3.8, 4) is 0 Å². The van der Waals surface area contributed by atoms with Gasteiger partial charge < -0.3 is 15.0 Å². The van der Waals surface area contributed by atoms with Crippen LogP contribution >= 0.6 is 0 Å². The molecule has 1 heterocycles. The van der Waals surface area contributed by atoms with Crippen LogP contribution in [-0.2, 0) is 4.74 Å². The number of anilines is 2. The summed E-state index contributed by atoms with van der Waals surface area (Å²) in [7, 11) is 1.98. The quantitative estimate of drug-likeness (QED) is 0.799. The molecule has 0 aromatic heterocycles. The normalized spacial score (nSPS) is 16.5. The van der Waals surface area contributed by atoms with Crippen LogP contribution < -0.4 is 10.2 Å². The molecule has 2 rings (SSSR count). The van der Waals surface area contributed by atoms with E-state index in [9.17, 15) is 0 Å². The predicted molar refractivity (Wildman–Crippen MR) is 63.8 cm³/mol. The lowest BCUT2D eigenvalue weighted by Gasteiger charge is -2.31. The van der Waals surface area contributed by atoms with E-state index >= 15 is 0 Å². The fraction of sp³-hybridized carbons (Fsp3) is 0.500. The number of para-hydroxylation sites is 1. The van der Waals surface area contributed by atoms with E-state index in [4.69, 9.17) is 4.74 Å². The molecule has 0 radical (unpaired) electrons. The minimum atomic E-state index is 0.830. The van der Waals surface area contributed by atoms with Crippen LogP contribution in [0.5, 0.6) is 0 Å². The number of benzene rings is 1. The zero-order valence-corrected chi connectivity index (χ0v) is 9.42. The number of ether oxygens (including phenoxy) is 1. The summed E-state index contributed by atoms with van der Waals surface area (Å²) < 4.78 is 5.36. The maximum Gasteiger partial charge on any atom is 0.0642 e. The molecule has 0 spiro atoms. The van der Waals surface area contributed by atoms with Gasteiger partial charge in [0.1, 0.15) is 0 Å². The zero-order chi connectivity index (χ0) is 10.7. The lowest BCUT2D eigenvalue weighted by atomic mass is 10.1. The topological polar surface area (TPSA) is 24.5 Å². The van der Waals surface area contributed by atoms with Crippen molar-refractivity contribution in [2.45, 2.75) is 6.92 Å². The second-order valence-electron chi connectivity index (χ2n) is 3.82. The molecule has 15 heavy (non-hydrogen) atoms. The summed E-state index contributed by atoms with van der Waals surface area (Å²) in [5.74, 6) is 0. The number of aryl methyl sites for hydroxylation is 1. The molecule has 0 atom stereocenters. The molecule has 1 aliphatic rings. The Morgan fingerprint density at radius 1 is 1.27 bits per heavy atom. The summed E-state index contributed by atoms with van der Waals surface area (Å²) in [6.07, 6.45) is 0. The number of hydrogen-bond acceptors (Lipinski definition) is 3. The average Bonchev–Trinajstić information content (AvgIpc) is 2.30. The van der Waals surface area contributed by atoms with Gasteiger partial charge in [-0.2, -0.15) is 0 Å². The van der Waals surface area contributed by atoms with E-state index in [1.54, 1.807) is 0 Å². The minimum absolute atomic E-state index is 0.830. The molecule has 0 amide bonds. The van der Waals surface area contributed by atoms with Crippen LogP contribution in [0, 0.1) is 6.92 Å². The minimum Gasteiger partial charge on any atom is -0.386 e. The highest BCUT2D eigenvalue weighted by Gasteiger charge is 2.14. The Labute approximate surface area is 91.0 Å². The van der Waals surface area contributed by atoms with Crippen LogP contribution in [0.25, 0.3) is 0 Å². The highest BCUT2D eigenvalue weighted by Crippen LogP contribution is 2.29. The number of morpholine rings is 1. The molecule has 1 aromatic rings. The maximum absolute atomic E-state index is 5.36. The second kappa shape index (κ2) is 4.53. The second-order valence-corrected chi connectivity index (χ2v) is 3.82. The van der Waals surface area contributed by atoms with Gasteiger partial charge in [-0.1, -0.05) is 12.1 Å². The summed E-state index contributed by atoms with van der Waals surface area (Å²) in [4.78, 5) is 2.38. The molecule has 1 aliphatic heterocycles. The van der Waals surface area contributed by atoms with Gasteiger partial charge in [0.05, 0.1) is 24.6 Å². The number of hydrogen-bond donors (Lipinski definition) is 1. The van der Waals surface area contributed by atoms with Gasteiger partial charge in [-0.05, 0) is 18.6 Å². The Kier molecular flexibility index (Phi) is 3.11. The largest absolute Gasteiger partial charge is 0.386 e. The highest BCUT2D eigenvalue weighted by atomic mass is 16.5. The molecule has 3 heteroatoms. The van der Waals surface area contributed by atoms with E-state index in [1.807, 2.05) is 7.05 Å². The van der Waals surface area contributed by atoms with Crippen molar-refractivity contribution in [3.05, 3.63) is 23.8 Å². The number of nitrogens with one attached hydrogen (secondary N) is 1. The van der Waals surface area contributed by atoms with Gasteiger partial charge in [0, 0.05) is 20.1 Å². The molecular weight excluding hydrogens is 188 g/mol. The van der Waals surface area contributed by atoms with Crippen LogP contribution in [0.15, 0.2) is 18.2 Å². The molecule has 1 N–H and O–H groups in total. The summed E-state index contributed by atoms with van der Waals surface area (Å²) in [6.45, 7) is 5.76. The number of rotatable bonds is 2. The van der Waals surface area contributed by atoms with Crippen molar-refractivity contribution < 1.29 is 4.74 Å². The third-order valence-electron chi connectivity index (χ3n) is 2.85. The van der Waals surface area contributed by atoms with Gasteiger partial charge in [-0.25, -0.2) is 0 Å². The zero-order valence-electron chi connectivity index (χ0n) is 9.42. The van der Waals surface area contributed by atoms with E-state index in [0.717, 1.165) is 26.3 Å². The van der Waals surface area contributed by atoms with Crippen molar-refractivity contribution in [1.82, 2.24) is 0 Å². The summed E-state index contributed by atoms with van der Waals surface area (Å²) in [5.41, 5.74) is 3.82. The summed E-state index contributed by atoms with van der Waals surface area (Å²) >= 11 is 0. The predicted octanol–water partition coefficient (Wildman–Crippen LogP) is 1.87. The number of nitrogens with zero attached hydrogens (tertiary/aromatic N) is 1. The van der Waals surface area contributed by atoms with Crippen LogP contribution in [-0.4, -0.2) is 33.4 Å². The van der Waals surface area contributed by atoms with Crippen molar-refractivity contribution in [3.63, 3.8) is 0 Å². The van der Waals surface area contributed by atoms with Crippen LogP contribution in [0.2, 0.25) is 0 Å². The van der Waals surface area contributed by atoms with Crippen molar-refractivity contribution in [2.75, 3.05) is 43.6 Å². The molecule has 1 saturated heterocycles. The van der Waals surface area contributed by atoms with Crippen molar-refractivity contribution in [2.24, 2.45) is 0 Å². The molecule has 1 fully saturated rings. The Bertz CT molecular complexity index is 332. The SMILES string of the molecule is CNc1c(C)cccc1N1CCOCC1. The van der Waals surface area contributed by atoms with E-state index in [-0.39, 0.29) is 0 Å². The fourth-order valence-electron chi connectivity index (χ4n) is 2.05. The third-order valence-corrected chi connectivity index (χ3v) is 2.85. The monoisotopic (exact) mass is 206 g/mol. The smallest absolute Gasteiger partial charge is 0.0642 e. The van der Waals surface area contributed by atoms with Gasteiger partial charge in [0.15, 0.2) is 0 Å². The van der Waals surface area contributed by atoms with E-state index in [0.29, 0.717) is 0 Å². The maximum atomic E-state index is 5.36. The van der Waals surface area contributed by atoms with E-state index in [1.165, 1.54) is 16.9 Å². The summed E-state index contributed by atoms with van der Waals surface area (Å²) in [5, 5.41) is 3.28. The van der Waals surface area contributed by atoms with Crippen molar-refractivity contribution in [1.29, 1.82) is 0 Å². The van der Waals surface area contributed by atoms with Gasteiger partial charge in [-0.15, -0.1) is 0 Å².